The molecule has 0 atom stereocenters. The van der Waals surface area contributed by atoms with E-state index in [1.165, 1.54) is 28.7 Å². The third-order valence-electron chi connectivity index (χ3n) is 8.14. The Morgan fingerprint density at radius 1 is 0.409 bits per heavy atom. The number of furan rings is 1. The molecule has 0 amide bonds. The van der Waals surface area contributed by atoms with Crippen molar-refractivity contribution in [2.75, 3.05) is 0 Å². The molecule has 0 spiro atoms. The van der Waals surface area contributed by atoms with Crippen LogP contribution < -0.4 is 0 Å². The van der Waals surface area contributed by atoms with Crippen LogP contribution in [0.15, 0.2) is 144 Å². The Labute approximate surface area is 262 Å². The summed E-state index contributed by atoms with van der Waals surface area (Å²) in [5, 5.41) is 4.95. The maximum atomic E-state index is 6.20. The molecule has 6 aromatic carbocycles. The molecule has 0 aliphatic heterocycles. The van der Waals surface area contributed by atoms with Gasteiger partial charge in [0.15, 0.2) is 0 Å². The van der Waals surface area contributed by atoms with Gasteiger partial charge in [0.2, 0.25) is 0 Å². The van der Waals surface area contributed by atoms with Crippen molar-refractivity contribution in [3.8, 4) is 45.3 Å². The topological polar surface area (TPSA) is 51.8 Å². The van der Waals surface area contributed by atoms with Gasteiger partial charge in [-0.05, 0) is 6.07 Å². The van der Waals surface area contributed by atoms with Gasteiger partial charge in [-0.3, -0.25) is 0 Å². The molecule has 3 aromatic heterocycles. The van der Waals surface area contributed by atoms with E-state index in [0.717, 1.165) is 38.6 Å². The van der Waals surface area contributed by atoms with E-state index in [-0.39, 0.29) is 0 Å². The molecule has 3 heterocycles. The summed E-state index contributed by atoms with van der Waals surface area (Å²) >= 11 is -0.472. The van der Waals surface area contributed by atoms with E-state index in [0.29, 0.717) is 17.5 Å². The van der Waals surface area contributed by atoms with E-state index in [9.17, 15) is 0 Å². The normalized spacial score (nSPS) is 11.6. The van der Waals surface area contributed by atoms with E-state index in [2.05, 4.69) is 84.9 Å². The Kier molecular flexibility index (Phi) is 5.94. The van der Waals surface area contributed by atoms with Crippen LogP contribution in [0, 0.1) is 0 Å². The number of hydrogen-bond acceptors (Lipinski definition) is 4. The zero-order valence-electron chi connectivity index (χ0n) is 23.4. The third-order valence-corrected chi connectivity index (χ3v) is 11.6. The zero-order valence-corrected chi connectivity index (χ0v) is 25.8. The van der Waals surface area contributed by atoms with Crippen LogP contribution in [0.5, 0.6) is 0 Å². The van der Waals surface area contributed by atoms with Crippen LogP contribution in [0.25, 0.3) is 84.8 Å². The standard InChI is InChI=1S/C39H23N3OTe/c1-2-10-24(11-3-1)37-40-38(42-39(41-37)27-20-21-30-29-14-4-6-18-33(29)43-34(30)23-27)26-13-8-12-25(22-26)28-16-9-17-32-31-15-5-7-19-35(31)44-36(28)32/h1-23H. The maximum absolute atomic E-state index is 6.20. The number of hydrogen-bond donors (Lipinski definition) is 0. The molecule has 44 heavy (non-hydrogen) atoms. The molecule has 5 heteroatoms. The number of para-hydroxylation sites is 1. The van der Waals surface area contributed by atoms with Crippen molar-refractivity contribution in [1.29, 1.82) is 0 Å². The SMILES string of the molecule is c1ccc(-c2nc(-c3cccc(-c4cccc5c4[te]c4ccccc45)c3)nc(-c3ccc4c(c3)oc3ccccc34)n2)cc1. The van der Waals surface area contributed by atoms with Gasteiger partial charge in [0.1, 0.15) is 5.58 Å². The Balaban J connectivity index is 1.21. The van der Waals surface area contributed by atoms with E-state index < -0.39 is 20.4 Å². The summed E-state index contributed by atoms with van der Waals surface area (Å²) in [6.45, 7) is 0. The fourth-order valence-corrected chi connectivity index (χ4v) is 9.55. The average molecular weight is 677 g/mol. The quantitative estimate of drug-likeness (QED) is 0.174. The fourth-order valence-electron chi connectivity index (χ4n) is 6.02. The van der Waals surface area contributed by atoms with E-state index in [1.807, 2.05) is 54.6 Å². The molecular weight excluding hydrogens is 654 g/mol. The van der Waals surface area contributed by atoms with Crippen molar-refractivity contribution < 1.29 is 4.42 Å². The first-order valence-electron chi connectivity index (χ1n) is 14.5. The van der Waals surface area contributed by atoms with Crippen molar-refractivity contribution >= 4 is 59.9 Å². The third kappa shape index (κ3) is 4.25. The number of fused-ring (bicyclic) bond motifs is 6. The fraction of sp³-hybridized carbons (Fsp3) is 0. The van der Waals surface area contributed by atoms with Crippen molar-refractivity contribution in [2.24, 2.45) is 0 Å². The molecule has 0 fully saturated rings. The molecule has 9 rings (SSSR count). The monoisotopic (exact) mass is 679 g/mol. The number of nitrogens with zero attached hydrogens (tertiary/aromatic N) is 3. The van der Waals surface area contributed by atoms with Gasteiger partial charge in [0, 0.05) is 5.39 Å². The van der Waals surface area contributed by atoms with Crippen LogP contribution in [0.4, 0.5) is 0 Å². The van der Waals surface area contributed by atoms with Crippen LogP contribution in [-0.4, -0.2) is 35.4 Å². The van der Waals surface area contributed by atoms with E-state index >= 15 is 0 Å². The zero-order chi connectivity index (χ0) is 29.0. The summed E-state index contributed by atoms with van der Waals surface area (Å²) in [6, 6.07) is 48.6. The second-order valence-electron chi connectivity index (χ2n) is 10.8. The van der Waals surface area contributed by atoms with Gasteiger partial charge in [-0.15, -0.1) is 0 Å². The van der Waals surface area contributed by atoms with Crippen LogP contribution in [-0.2, 0) is 0 Å². The Morgan fingerprint density at radius 2 is 1.02 bits per heavy atom. The summed E-state index contributed by atoms with van der Waals surface area (Å²) in [7, 11) is 0. The summed E-state index contributed by atoms with van der Waals surface area (Å²) in [5.41, 5.74) is 6.97. The molecule has 206 valence electrons. The minimum absolute atomic E-state index is 0.472. The van der Waals surface area contributed by atoms with E-state index in [1.54, 1.807) is 0 Å². The summed E-state index contributed by atoms with van der Waals surface area (Å²) < 4.78 is 9.20. The number of rotatable bonds is 4. The van der Waals surface area contributed by atoms with Gasteiger partial charge < -0.3 is 0 Å². The first kappa shape index (κ1) is 25.4. The van der Waals surface area contributed by atoms with Gasteiger partial charge in [0.25, 0.3) is 0 Å². The van der Waals surface area contributed by atoms with Gasteiger partial charge in [-0.1, -0.05) is 18.2 Å². The van der Waals surface area contributed by atoms with Gasteiger partial charge in [-0.25, -0.2) is 0 Å². The molecule has 0 saturated carbocycles. The molecule has 0 saturated heterocycles. The number of aromatic nitrogens is 3. The average Bonchev–Trinajstić information content (AvgIpc) is 3.66. The van der Waals surface area contributed by atoms with Gasteiger partial charge in [-0.2, -0.15) is 0 Å². The second kappa shape index (κ2) is 10.3. The first-order chi connectivity index (χ1) is 21.8. The van der Waals surface area contributed by atoms with E-state index in [4.69, 9.17) is 19.4 Å². The molecule has 0 aliphatic carbocycles. The van der Waals surface area contributed by atoms with Crippen LogP contribution in [0.3, 0.4) is 0 Å². The van der Waals surface area contributed by atoms with Crippen molar-refractivity contribution in [3.05, 3.63) is 140 Å². The molecule has 9 aromatic rings. The molecule has 0 bridgehead atoms. The van der Waals surface area contributed by atoms with Crippen LogP contribution in [0.2, 0.25) is 0 Å². The Hall–Kier alpha value is -5.08. The minimum atomic E-state index is -0.472. The molecule has 0 unspecified atom stereocenters. The predicted molar refractivity (Wildman–Crippen MR) is 181 cm³/mol. The molecule has 0 N–H and O–H groups in total. The molecule has 4 nitrogen and oxygen atoms in total. The van der Waals surface area contributed by atoms with Gasteiger partial charge in [0.05, 0.1) is 0 Å². The summed E-state index contributed by atoms with van der Waals surface area (Å²) in [4.78, 5) is 15.0. The molecule has 0 aliphatic rings. The second-order valence-corrected chi connectivity index (χ2v) is 13.8. The number of benzene rings is 6. The van der Waals surface area contributed by atoms with Crippen LogP contribution in [0.1, 0.15) is 0 Å². The van der Waals surface area contributed by atoms with Crippen molar-refractivity contribution in [2.45, 2.75) is 0 Å². The van der Waals surface area contributed by atoms with Crippen molar-refractivity contribution in [3.63, 3.8) is 0 Å². The molecular formula is C39H23N3OTe. The van der Waals surface area contributed by atoms with Crippen molar-refractivity contribution in [1.82, 2.24) is 15.0 Å². The molecule has 0 radical (unpaired) electrons. The Bertz CT molecular complexity index is 2510. The van der Waals surface area contributed by atoms with Crippen LogP contribution >= 0.6 is 0 Å². The first-order valence-corrected chi connectivity index (χ1v) is 16.9. The Morgan fingerprint density at radius 3 is 1.89 bits per heavy atom. The summed E-state index contributed by atoms with van der Waals surface area (Å²) in [6.07, 6.45) is 0. The predicted octanol–water partition coefficient (Wildman–Crippen LogP) is 9.80. The van der Waals surface area contributed by atoms with Gasteiger partial charge >= 0.3 is 229 Å². The summed E-state index contributed by atoms with van der Waals surface area (Å²) in [5.74, 6) is 1.90.